The smallest absolute Gasteiger partial charge is 0.256 e. The molecule has 98 valence electrons. The maximum atomic E-state index is 12.1. The summed E-state index contributed by atoms with van der Waals surface area (Å²) in [5.41, 5.74) is 3.42. The summed E-state index contributed by atoms with van der Waals surface area (Å²) < 4.78 is 0. The number of nitrogens with one attached hydrogen (secondary N) is 1. The molecule has 0 bridgehead atoms. The maximum absolute atomic E-state index is 12.1. The molecule has 2 aromatic rings. The van der Waals surface area contributed by atoms with E-state index < -0.39 is 0 Å². The first-order valence-electron chi connectivity index (χ1n) is 6.23. The summed E-state index contributed by atoms with van der Waals surface area (Å²) >= 11 is 0. The first kappa shape index (κ1) is 12.3. The van der Waals surface area contributed by atoms with Crippen LogP contribution >= 0.6 is 0 Å². The molecule has 0 aliphatic carbocycles. The van der Waals surface area contributed by atoms with Crippen LogP contribution in [0, 0.1) is 6.92 Å². The van der Waals surface area contributed by atoms with Gasteiger partial charge in [-0.25, -0.2) is 0 Å². The second-order valence-corrected chi connectivity index (χ2v) is 4.67. The quantitative estimate of drug-likeness (QED) is 0.670. The number of pyridine rings is 1. The number of ketones is 1. The number of amides is 1. The van der Waals surface area contributed by atoms with Crippen molar-refractivity contribution in [1.29, 1.82) is 0 Å². The Morgan fingerprint density at radius 2 is 2.15 bits per heavy atom. The molecule has 1 N–H and O–H groups in total. The third-order valence-electron chi connectivity index (χ3n) is 3.18. The molecule has 1 aliphatic rings. The van der Waals surface area contributed by atoms with Crippen molar-refractivity contribution in [2.75, 3.05) is 5.32 Å². The lowest BCUT2D eigenvalue weighted by molar-refractivity contribution is -0.110. The lowest BCUT2D eigenvalue weighted by atomic mass is 10.0. The number of hydrogen-bond acceptors (Lipinski definition) is 3. The molecule has 0 fully saturated rings. The topological polar surface area (TPSA) is 59.1 Å². The van der Waals surface area contributed by atoms with Gasteiger partial charge in [-0.05, 0) is 37.3 Å². The number of aryl methyl sites for hydroxylation is 1. The maximum Gasteiger partial charge on any atom is 0.256 e. The van der Waals surface area contributed by atoms with Gasteiger partial charge in [0.05, 0.1) is 5.57 Å². The van der Waals surface area contributed by atoms with Gasteiger partial charge in [-0.15, -0.1) is 0 Å². The Morgan fingerprint density at radius 3 is 2.90 bits per heavy atom. The normalized spacial score (nSPS) is 15.1. The lowest BCUT2D eigenvalue weighted by Gasteiger charge is -2.00. The van der Waals surface area contributed by atoms with Gasteiger partial charge >= 0.3 is 0 Å². The van der Waals surface area contributed by atoms with E-state index in [9.17, 15) is 9.59 Å². The van der Waals surface area contributed by atoms with Crippen molar-refractivity contribution in [3.8, 4) is 0 Å². The van der Waals surface area contributed by atoms with Gasteiger partial charge in [0, 0.05) is 29.2 Å². The zero-order valence-corrected chi connectivity index (χ0v) is 10.9. The Labute approximate surface area is 116 Å². The predicted octanol–water partition coefficient (Wildman–Crippen LogP) is 2.61. The first-order chi connectivity index (χ1) is 9.65. The molecule has 0 radical (unpaired) electrons. The molecule has 0 saturated heterocycles. The predicted molar refractivity (Wildman–Crippen MR) is 76.4 cm³/mol. The fourth-order valence-corrected chi connectivity index (χ4v) is 2.17. The molecule has 1 aromatic carbocycles. The minimum Gasteiger partial charge on any atom is -0.321 e. The number of hydrogen-bond donors (Lipinski definition) is 1. The minimum absolute atomic E-state index is 0.224. The fourth-order valence-electron chi connectivity index (χ4n) is 2.17. The van der Waals surface area contributed by atoms with Crippen LogP contribution in [0.4, 0.5) is 5.69 Å². The fraction of sp³-hybridized carbons (Fsp3) is 0.0625. The standard InChI is InChI=1S/C16H12N2O2/c1-10-4-5-14-12(7-10)13(16(20)18-14)8-15(19)11-3-2-6-17-9-11/h2-9H,1H3,(H,18,20). The van der Waals surface area contributed by atoms with Gasteiger partial charge in [0.15, 0.2) is 5.78 Å². The highest BCUT2D eigenvalue weighted by atomic mass is 16.2. The molecule has 20 heavy (non-hydrogen) atoms. The Bertz CT molecular complexity index is 733. The van der Waals surface area contributed by atoms with E-state index in [2.05, 4.69) is 10.3 Å². The van der Waals surface area contributed by atoms with E-state index in [4.69, 9.17) is 0 Å². The largest absolute Gasteiger partial charge is 0.321 e. The summed E-state index contributed by atoms with van der Waals surface area (Å²) in [6, 6.07) is 9.04. The molecule has 4 heteroatoms. The Balaban J connectivity index is 2.03. The lowest BCUT2D eigenvalue weighted by Crippen LogP contribution is -2.06. The van der Waals surface area contributed by atoms with Gasteiger partial charge in [-0.3, -0.25) is 14.6 Å². The van der Waals surface area contributed by atoms with Crippen LogP contribution in [-0.2, 0) is 4.79 Å². The van der Waals surface area contributed by atoms with E-state index in [0.29, 0.717) is 11.1 Å². The van der Waals surface area contributed by atoms with Crippen LogP contribution in [0.3, 0.4) is 0 Å². The summed E-state index contributed by atoms with van der Waals surface area (Å²) in [5.74, 6) is -0.472. The molecule has 2 heterocycles. The van der Waals surface area contributed by atoms with Gasteiger partial charge in [0.1, 0.15) is 0 Å². The van der Waals surface area contributed by atoms with Gasteiger partial charge in [0.2, 0.25) is 0 Å². The van der Waals surface area contributed by atoms with E-state index in [0.717, 1.165) is 16.8 Å². The van der Waals surface area contributed by atoms with Crippen molar-refractivity contribution in [3.63, 3.8) is 0 Å². The van der Waals surface area contributed by atoms with Gasteiger partial charge in [0.25, 0.3) is 5.91 Å². The van der Waals surface area contributed by atoms with Gasteiger partial charge in [-0.1, -0.05) is 11.6 Å². The first-order valence-corrected chi connectivity index (χ1v) is 6.23. The zero-order valence-electron chi connectivity index (χ0n) is 10.9. The number of aromatic nitrogens is 1. The van der Waals surface area contributed by atoms with Crippen molar-refractivity contribution in [3.05, 3.63) is 65.5 Å². The highest BCUT2D eigenvalue weighted by Gasteiger charge is 2.25. The molecule has 0 unspecified atom stereocenters. The van der Waals surface area contributed by atoms with Crippen LogP contribution in [-0.4, -0.2) is 16.7 Å². The van der Waals surface area contributed by atoms with Crippen LogP contribution in [0.2, 0.25) is 0 Å². The van der Waals surface area contributed by atoms with Gasteiger partial charge < -0.3 is 5.32 Å². The van der Waals surface area contributed by atoms with E-state index in [1.165, 1.54) is 12.3 Å². The van der Waals surface area contributed by atoms with Crippen LogP contribution < -0.4 is 5.32 Å². The van der Waals surface area contributed by atoms with E-state index in [1.807, 2.05) is 25.1 Å². The zero-order chi connectivity index (χ0) is 14.1. The molecule has 0 spiro atoms. The molecular formula is C16H12N2O2. The van der Waals surface area contributed by atoms with Gasteiger partial charge in [-0.2, -0.15) is 0 Å². The summed E-state index contributed by atoms with van der Waals surface area (Å²) in [6.07, 6.45) is 4.46. The monoisotopic (exact) mass is 264 g/mol. The van der Waals surface area contributed by atoms with E-state index in [-0.39, 0.29) is 11.7 Å². The number of allylic oxidation sites excluding steroid dienone is 1. The van der Waals surface area contributed by atoms with E-state index >= 15 is 0 Å². The molecule has 4 nitrogen and oxygen atoms in total. The average molecular weight is 264 g/mol. The number of carbonyl (C=O) groups is 2. The Hall–Kier alpha value is -2.75. The number of rotatable bonds is 2. The SMILES string of the molecule is Cc1ccc2c(c1)C(=CC(=O)c1cccnc1)C(=O)N2. The van der Waals surface area contributed by atoms with Crippen molar-refractivity contribution in [2.24, 2.45) is 0 Å². The van der Waals surface area contributed by atoms with Crippen LogP contribution in [0.25, 0.3) is 5.57 Å². The third kappa shape index (κ3) is 2.12. The molecule has 1 aromatic heterocycles. The second-order valence-electron chi connectivity index (χ2n) is 4.67. The number of fused-ring (bicyclic) bond motifs is 1. The van der Waals surface area contributed by atoms with Crippen molar-refractivity contribution >= 4 is 23.0 Å². The van der Waals surface area contributed by atoms with E-state index in [1.54, 1.807) is 18.3 Å². The molecule has 0 saturated carbocycles. The van der Waals surface area contributed by atoms with Crippen molar-refractivity contribution in [2.45, 2.75) is 6.92 Å². The highest BCUT2D eigenvalue weighted by molar-refractivity contribution is 6.35. The number of anilines is 1. The third-order valence-corrected chi connectivity index (χ3v) is 3.18. The Morgan fingerprint density at radius 1 is 1.30 bits per heavy atom. The molecule has 3 rings (SSSR count). The minimum atomic E-state index is -0.247. The number of nitrogens with zero attached hydrogens (tertiary/aromatic N) is 1. The molecule has 0 atom stereocenters. The van der Waals surface area contributed by atoms with Crippen molar-refractivity contribution in [1.82, 2.24) is 4.98 Å². The summed E-state index contributed by atoms with van der Waals surface area (Å²) in [6.45, 7) is 1.95. The highest BCUT2D eigenvalue weighted by Crippen LogP contribution is 2.32. The van der Waals surface area contributed by atoms with Crippen LogP contribution in [0.5, 0.6) is 0 Å². The Kier molecular flexibility index (Phi) is 2.91. The summed E-state index contributed by atoms with van der Waals surface area (Å²) in [7, 11) is 0. The summed E-state index contributed by atoms with van der Waals surface area (Å²) in [5, 5.41) is 2.76. The molecule has 1 aliphatic heterocycles. The number of benzene rings is 1. The van der Waals surface area contributed by atoms with Crippen molar-refractivity contribution < 1.29 is 9.59 Å². The summed E-state index contributed by atoms with van der Waals surface area (Å²) in [4.78, 5) is 28.0. The van der Waals surface area contributed by atoms with Crippen LogP contribution in [0.15, 0.2) is 48.8 Å². The molecule has 1 amide bonds. The second kappa shape index (κ2) is 4.74. The van der Waals surface area contributed by atoms with Crippen LogP contribution in [0.1, 0.15) is 21.5 Å². The molecular weight excluding hydrogens is 252 g/mol. The number of carbonyl (C=O) groups excluding carboxylic acids is 2. The average Bonchev–Trinajstić information content (AvgIpc) is 2.76.